The van der Waals surface area contributed by atoms with Crippen LogP contribution in [0.25, 0.3) is 21.5 Å². The highest BCUT2D eigenvalue weighted by molar-refractivity contribution is 6.07. The third-order valence-corrected chi connectivity index (χ3v) is 4.62. The Labute approximate surface area is 114 Å². The van der Waals surface area contributed by atoms with Crippen molar-refractivity contribution in [3.63, 3.8) is 0 Å². The van der Waals surface area contributed by atoms with E-state index in [1.807, 2.05) is 0 Å². The molecule has 94 valence electrons. The van der Waals surface area contributed by atoms with Gasteiger partial charge < -0.3 is 0 Å². The Kier molecular flexibility index (Phi) is 2.38. The van der Waals surface area contributed by atoms with Gasteiger partial charge in [-0.2, -0.15) is 0 Å². The molecular formula is C19H18. The molecule has 0 bridgehead atoms. The first-order valence-electron chi connectivity index (χ1n) is 7.27. The van der Waals surface area contributed by atoms with E-state index in [4.69, 9.17) is 0 Å². The Hall–Kier alpha value is -1.82. The van der Waals surface area contributed by atoms with Crippen molar-refractivity contribution >= 4 is 21.5 Å². The molecule has 0 aliphatic heterocycles. The molecule has 0 heteroatoms. The van der Waals surface area contributed by atoms with E-state index in [1.165, 1.54) is 40.8 Å². The minimum Gasteiger partial charge on any atom is -0.0616 e. The Bertz CT molecular complexity index is 767. The van der Waals surface area contributed by atoms with Gasteiger partial charge >= 0.3 is 0 Å². The Morgan fingerprint density at radius 1 is 0.895 bits per heavy atom. The molecule has 0 radical (unpaired) electrons. The molecule has 0 N–H and O–H groups in total. The molecule has 0 spiro atoms. The zero-order valence-electron chi connectivity index (χ0n) is 11.3. The van der Waals surface area contributed by atoms with Gasteiger partial charge in [0.05, 0.1) is 0 Å². The number of aryl methyl sites for hydroxylation is 1. The number of fused-ring (bicyclic) bond motifs is 4. The largest absolute Gasteiger partial charge is 0.0616 e. The van der Waals surface area contributed by atoms with E-state index in [0.717, 1.165) is 0 Å². The molecule has 1 unspecified atom stereocenters. The fourth-order valence-electron chi connectivity index (χ4n) is 3.55. The van der Waals surface area contributed by atoms with Crippen LogP contribution in [-0.4, -0.2) is 0 Å². The predicted molar refractivity (Wildman–Crippen MR) is 82.8 cm³/mol. The molecule has 0 saturated carbocycles. The van der Waals surface area contributed by atoms with Crippen LogP contribution >= 0.6 is 0 Å². The maximum Gasteiger partial charge on any atom is -0.0102 e. The molecule has 0 amide bonds. The average Bonchev–Trinajstić information content (AvgIpc) is 2.46. The van der Waals surface area contributed by atoms with E-state index < -0.39 is 0 Å². The number of rotatable bonds is 0. The van der Waals surface area contributed by atoms with Crippen molar-refractivity contribution < 1.29 is 0 Å². The zero-order chi connectivity index (χ0) is 12.8. The van der Waals surface area contributed by atoms with Crippen LogP contribution in [0.4, 0.5) is 0 Å². The van der Waals surface area contributed by atoms with Gasteiger partial charge in [-0.15, -0.1) is 0 Å². The first-order valence-corrected chi connectivity index (χ1v) is 7.27. The van der Waals surface area contributed by atoms with Crippen LogP contribution in [0.15, 0.2) is 48.5 Å². The minimum atomic E-state index is 0.715. The highest BCUT2D eigenvalue weighted by Crippen LogP contribution is 2.36. The smallest absolute Gasteiger partial charge is 0.0102 e. The molecule has 3 aromatic rings. The third-order valence-electron chi connectivity index (χ3n) is 4.62. The van der Waals surface area contributed by atoms with Crippen molar-refractivity contribution in [3.05, 3.63) is 59.7 Å². The number of hydrogen-bond donors (Lipinski definition) is 0. The van der Waals surface area contributed by atoms with Gasteiger partial charge in [-0.1, -0.05) is 49.4 Å². The van der Waals surface area contributed by atoms with E-state index in [-0.39, 0.29) is 0 Å². The summed E-state index contributed by atoms with van der Waals surface area (Å²) >= 11 is 0. The first-order chi connectivity index (χ1) is 9.33. The SMILES string of the molecule is CC1CCCc2cc3ccc4ccccc4c3cc21. The fraction of sp³-hybridized carbons (Fsp3) is 0.263. The summed E-state index contributed by atoms with van der Waals surface area (Å²) in [5.41, 5.74) is 3.15. The lowest BCUT2D eigenvalue weighted by Gasteiger charge is -2.23. The van der Waals surface area contributed by atoms with Gasteiger partial charge in [0, 0.05) is 0 Å². The molecule has 1 aliphatic carbocycles. The van der Waals surface area contributed by atoms with Crippen LogP contribution in [0.3, 0.4) is 0 Å². The summed E-state index contributed by atoms with van der Waals surface area (Å²) in [6.07, 6.45) is 3.93. The lowest BCUT2D eigenvalue weighted by molar-refractivity contribution is 0.591. The van der Waals surface area contributed by atoms with E-state index in [2.05, 4.69) is 55.5 Å². The highest BCUT2D eigenvalue weighted by Gasteiger charge is 2.17. The molecule has 0 heterocycles. The first kappa shape index (κ1) is 11.0. The molecule has 4 rings (SSSR count). The van der Waals surface area contributed by atoms with Crippen LogP contribution in [0.1, 0.15) is 36.8 Å². The molecular weight excluding hydrogens is 228 g/mol. The van der Waals surface area contributed by atoms with Gasteiger partial charge in [0.15, 0.2) is 0 Å². The Morgan fingerprint density at radius 3 is 2.68 bits per heavy atom. The van der Waals surface area contributed by atoms with Crippen molar-refractivity contribution in [1.29, 1.82) is 0 Å². The average molecular weight is 246 g/mol. The lowest BCUT2D eigenvalue weighted by Crippen LogP contribution is -2.06. The number of benzene rings is 3. The van der Waals surface area contributed by atoms with Crippen molar-refractivity contribution in [3.8, 4) is 0 Å². The Morgan fingerprint density at radius 2 is 1.74 bits per heavy atom. The standard InChI is InChI=1S/C19H18/c1-13-5-4-7-15-11-16-10-9-14-6-2-3-8-17(14)19(16)12-18(13)15/h2-3,6,8-13H,4-5,7H2,1H3. The maximum atomic E-state index is 2.46. The molecule has 0 nitrogen and oxygen atoms in total. The maximum absolute atomic E-state index is 2.46. The molecule has 1 aliphatic rings. The summed E-state index contributed by atoms with van der Waals surface area (Å²) in [6, 6.07) is 18.1. The second-order valence-corrected chi connectivity index (χ2v) is 5.85. The van der Waals surface area contributed by atoms with Gasteiger partial charge in [-0.25, -0.2) is 0 Å². The Balaban J connectivity index is 2.11. The summed E-state index contributed by atoms with van der Waals surface area (Å²) in [5.74, 6) is 0.715. The van der Waals surface area contributed by atoms with Gasteiger partial charge in [0.1, 0.15) is 0 Å². The number of hydrogen-bond acceptors (Lipinski definition) is 0. The zero-order valence-corrected chi connectivity index (χ0v) is 11.3. The second-order valence-electron chi connectivity index (χ2n) is 5.85. The van der Waals surface area contributed by atoms with E-state index in [0.29, 0.717) is 5.92 Å². The lowest BCUT2D eigenvalue weighted by atomic mass is 9.82. The van der Waals surface area contributed by atoms with Crippen LogP contribution in [0.2, 0.25) is 0 Å². The van der Waals surface area contributed by atoms with Crippen LogP contribution < -0.4 is 0 Å². The summed E-state index contributed by atoms with van der Waals surface area (Å²) in [5, 5.41) is 5.55. The third kappa shape index (κ3) is 1.67. The van der Waals surface area contributed by atoms with Crippen molar-refractivity contribution in [2.24, 2.45) is 0 Å². The van der Waals surface area contributed by atoms with Crippen molar-refractivity contribution in [1.82, 2.24) is 0 Å². The van der Waals surface area contributed by atoms with E-state index in [9.17, 15) is 0 Å². The normalized spacial score (nSPS) is 18.7. The summed E-state index contributed by atoms with van der Waals surface area (Å²) in [4.78, 5) is 0. The second kappa shape index (κ2) is 4.09. The molecule has 19 heavy (non-hydrogen) atoms. The van der Waals surface area contributed by atoms with E-state index >= 15 is 0 Å². The highest BCUT2D eigenvalue weighted by atomic mass is 14.2. The summed E-state index contributed by atoms with van der Waals surface area (Å²) in [6.45, 7) is 2.37. The summed E-state index contributed by atoms with van der Waals surface area (Å²) < 4.78 is 0. The molecule has 0 aromatic heterocycles. The predicted octanol–water partition coefficient (Wildman–Crippen LogP) is 5.43. The summed E-state index contributed by atoms with van der Waals surface area (Å²) in [7, 11) is 0. The van der Waals surface area contributed by atoms with Crippen molar-refractivity contribution in [2.45, 2.75) is 32.1 Å². The topological polar surface area (TPSA) is 0 Å². The van der Waals surface area contributed by atoms with E-state index in [1.54, 1.807) is 11.1 Å². The quantitative estimate of drug-likeness (QED) is 0.464. The monoisotopic (exact) mass is 246 g/mol. The minimum absolute atomic E-state index is 0.715. The fourth-order valence-corrected chi connectivity index (χ4v) is 3.55. The van der Waals surface area contributed by atoms with Gasteiger partial charge in [0.25, 0.3) is 0 Å². The molecule has 1 atom stereocenters. The molecule has 0 saturated heterocycles. The van der Waals surface area contributed by atoms with Gasteiger partial charge in [-0.05, 0) is 63.9 Å². The van der Waals surface area contributed by atoms with Crippen LogP contribution in [0, 0.1) is 0 Å². The van der Waals surface area contributed by atoms with Gasteiger partial charge in [0.2, 0.25) is 0 Å². The van der Waals surface area contributed by atoms with Gasteiger partial charge in [-0.3, -0.25) is 0 Å². The van der Waals surface area contributed by atoms with Crippen LogP contribution in [0.5, 0.6) is 0 Å². The molecule has 0 fully saturated rings. The molecule has 3 aromatic carbocycles. The van der Waals surface area contributed by atoms with Crippen molar-refractivity contribution in [2.75, 3.05) is 0 Å². The van der Waals surface area contributed by atoms with Crippen LogP contribution in [-0.2, 0) is 6.42 Å².